The lowest BCUT2D eigenvalue weighted by Crippen LogP contribution is -2.38. The van der Waals surface area contributed by atoms with Gasteiger partial charge in [-0.25, -0.2) is 8.42 Å². The molecule has 1 aliphatic heterocycles. The Kier molecular flexibility index (Phi) is 5.00. The van der Waals surface area contributed by atoms with Gasteiger partial charge in [0.05, 0.1) is 0 Å². The van der Waals surface area contributed by atoms with Crippen molar-refractivity contribution >= 4 is 21.4 Å². The summed E-state index contributed by atoms with van der Waals surface area (Å²) >= 11 is 1.34. The molecule has 1 aromatic heterocycles. The summed E-state index contributed by atoms with van der Waals surface area (Å²) in [6.45, 7) is 5.54. The first kappa shape index (κ1) is 15.0. The van der Waals surface area contributed by atoms with Crippen molar-refractivity contribution < 1.29 is 8.42 Å². The Balaban J connectivity index is 1.93. The highest BCUT2D eigenvalue weighted by Crippen LogP contribution is 2.23. The van der Waals surface area contributed by atoms with Crippen LogP contribution in [0, 0.1) is 6.92 Å². The predicted molar refractivity (Wildman–Crippen MR) is 79.2 cm³/mol. The van der Waals surface area contributed by atoms with Crippen molar-refractivity contribution in [1.82, 2.24) is 9.21 Å². The minimum atomic E-state index is -3.29. The fourth-order valence-corrected chi connectivity index (χ4v) is 4.95. The third-order valence-corrected chi connectivity index (χ3v) is 6.89. The molecule has 1 fully saturated rings. The molecule has 1 aliphatic rings. The van der Waals surface area contributed by atoms with Gasteiger partial charge in [0.25, 0.3) is 10.0 Å². The molecule has 0 radical (unpaired) electrons. The van der Waals surface area contributed by atoms with Gasteiger partial charge in [-0.3, -0.25) is 0 Å². The molecule has 0 bridgehead atoms. The van der Waals surface area contributed by atoms with Gasteiger partial charge < -0.3 is 4.90 Å². The summed E-state index contributed by atoms with van der Waals surface area (Å²) in [5.41, 5.74) is 0. The molecule has 0 unspecified atom stereocenters. The lowest BCUT2D eigenvalue weighted by atomic mass is 10.1. The number of likely N-dealkylation sites (N-methyl/N-ethyl adjacent to an activating group) is 1. The second kappa shape index (κ2) is 6.35. The molecule has 2 heterocycles. The van der Waals surface area contributed by atoms with E-state index >= 15 is 0 Å². The number of nitrogens with zero attached hydrogens (tertiary/aromatic N) is 2. The van der Waals surface area contributed by atoms with Gasteiger partial charge >= 0.3 is 0 Å². The van der Waals surface area contributed by atoms with Crippen LogP contribution < -0.4 is 0 Å². The Morgan fingerprint density at radius 3 is 2.53 bits per heavy atom. The van der Waals surface area contributed by atoms with Crippen molar-refractivity contribution in [3.05, 3.63) is 17.0 Å². The van der Waals surface area contributed by atoms with Gasteiger partial charge in [0.1, 0.15) is 4.21 Å². The summed E-state index contributed by atoms with van der Waals surface area (Å²) in [4.78, 5) is 3.39. The molecule has 6 heteroatoms. The highest BCUT2D eigenvalue weighted by molar-refractivity contribution is 7.91. The Bertz CT molecular complexity index is 504. The van der Waals surface area contributed by atoms with E-state index in [1.807, 2.05) is 13.0 Å². The van der Waals surface area contributed by atoms with Gasteiger partial charge in [-0.1, -0.05) is 6.42 Å². The van der Waals surface area contributed by atoms with Crippen molar-refractivity contribution in [2.45, 2.75) is 30.4 Å². The van der Waals surface area contributed by atoms with E-state index < -0.39 is 10.0 Å². The minimum Gasteiger partial charge on any atom is -0.302 e. The first-order valence-corrected chi connectivity index (χ1v) is 9.01. The monoisotopic (exact) mass is 302 g/mol. The number of aryl methyl sites for hydroxylation is 1. The fourth-order valence-electron chi connectivity index (χ4n) is 2.29. The maximum atomic E-state index is 12.3. The largest absolute Gasteiger partial charge is 0.302 e. The average Bonchev–Trinajstić information content (AvgIpc) is 2.84. The average molecular weight is 302 g/mol. The van der Waals surface area contributed by atoms with Crippen LogP contribution in [0.5, 0.6) is 0 Å². The lowest BCUT2D eigenvalue weighted by Gasteiger charge is -2.28. The molecule has 1 saturated heterocycles. The number of rotatable bonds is 5. The molecule has 4 nitrogen and oxygen atoms in total. The van der Waals surface area contributed by atoms with Crippen LogP contribution in [0.4, 0.5) is 0 Å². The lowest BCUT2D eigenvalue weighted by molar-refractivity contribution is 0.218. The third-order valence-electron chi connectivity index (χ3n) is 3.56. The summed E-state index contributed by atoms with van der Waals surface area (Å²) in [5.74, 6) is 0. The molecule has 0 spiro atoms. The van der Waals surface area contributed by atoms with Crippen molar-refractivity contribution in [3.63, 3.8) is 0 Å². The molecule has 0 amide bonds. The highest BCUT2D eigenvalue weighted by atomic mass is 32.2. The standard InChI is InChI=1S/C13H22N2O2S2/c1-12-6-7-13(18-12)19(16,17)14(2)10-11-15-8-4-3-5-9-15/h6-7H,3-5,8-11H2,1-2H3. The zero-order valence-corrected chi connectivity index (χ0v) is 13.3. The van der Waals surface area contributed by atoms with Crippen LogP contribution >= 0.6 is 11.3 Å². The van der Waals surface area contributed by atoms with E-state index in [0.717, 1.165) is 24.5 Å². The van der Waals surface area contributed by atoms with Crippen LogP contribution in [0.1, 0.15) is 24.1 Å². The maximum Gasteiger partial charge on any atom is 0.252 e. The van der Waals surface area contributed by atoms with Gasteiger partial charge in [-0.05, 0) is 45.0 Å². The maximum absolute atomic E-state index is 12.3. The number of hydrogen-bond acceptors (Lipinski definition) is 4. The molecule has 1 aromatic rings. The fraction of sp³-hybridized carbons (Fsp3) is 0.692. The molecule has 0 saturated carbocycles. The summed E-state index contributed by atoms with van der Waals surface area (Å²) in [5, 5.41) is 0. The van der Waals surface area contributed by atoms with Gasteiger partial charge in [0, 0.05) is 25.0 Å². The molecule has 0 N–H and O–H groups in total. The molecule has 0 aromatic carbocycles. The second-order valence-corrected chi connectivity index (χ2v) is 8.65. The van der Waals surface area contributed by atoms with Gasteiger partial charge in [0.2, 0.25) is 0 Å². The zero-order valence-electron chi connectivity index (χ0n) is 11.6. The van der Waals surface area contributed by atoms with Crippen LogP contribution in [-0.2, 0) is 10.0 Å². The number of likely N-dealkylation sites (tertiary alicyclic amines) is 1. The van der Waals surface area contributed by atoms with Gasteiger partial charge in [0.15, 0.2) is 0 Å². The minimum absolute atomic E-state index is 0.450. The Labute approximate surface area is 120 Å². The van der Waals surface area contributed by atoms with Crippen LogP contribution in [-0.4, -0.2) is 50.8 Å². The highest BCUT2D eigenvalue weighted by Gasteiger charge is 2.23. The van der Waals surface area contributed by atoms with Crippen molar-refractivity contribution in [2.75, 3.05) is 33.2 Å². The molecular formula is C13H22N2O2S2. The second-order valence-electron chi connectivity index (χ2n) is 5.09. The van der Waals surface area contributed by atoms with Crippen molar-refractivity contribution in [3.8, 4) is 0 Å². The summed E-state index contributed by atoms with van der Waals surface area (Å²) in [6, 6.07) is 3.56. The van der Waals surface area contributed by atoms with Crippen molar-refractivity contribution in [2.24, 2.45) is 0 Å². The van der Waals surface area contributed by atoms with E-state index in [2.05, 4.69) is 4.90 Å². The molecule has 19 heavy (non-hydrogen) atoms. The Morgan fingerprint density at radius 2 is 1.95 bits per heavy atom. The predicted octanol–water partition coefficient (Wildman–Crippen LogP) is 2.16. The molecule has 0 aliphatic carbocycles. The van der Waals surface area contributed by atoms with E-state index in [0.29, 0.717) is 10.8 Å². The van der Waals surface area contributed by atoms with Crippen LogP contribution in [0.15, 0.2) is 16.3 Å². The Morgan fingerprint density at radius 1 is 1.26 bits per heavy atom. The van der Waals surface area contributed by atoms with Crippen LogP contribution in [0.25, 0.3) is 0 Å². The number of hydrogen-bond donors (Lipinski definition) is 0. The number of piperidine rings is 1. The Hall–Kier alpha value is -0.430. The summed E-state index contributed by atoms with van der Waals surface area (Å²) < 4.78 is 26.6. The third kappa shape index (κ3) is 3.78. The SMILES string of the molecule is Cc1ccc(S(=O)(=O)N(C)CCN2CCCCC2)s1. The molecule has 0 atom stereocenters. The van der Waals surface area contributed by atoms with Gasteiger partial charge in [-0.15, -0.1) is 11.3 Å². The zero-order chi connectivity index (χ0) is 13.9. The topological polar surface area (TPSA) is 40.6 Å². The van der Waals surface area contributed by atoms with E-state index in [9.17, 15) is 8.42 Å². The van der Waals surface area contributed by atoms with Crippen LogP contribution in [0.3, 0.4) is 0 Å². The first-order valence-electron chi connectivity index (χ1n) is 6.75. The number of sulfonamides is 1. The molecule has 2 rings (SSSR count). The normalized spacial score (nSPS) is 18.1. The first-order chi connectivity index (χ1) is 9.00. The van der Waals surface area contributed by atoms with E-state index in [-0.39, 0.29) is 0 Å². The molecule has 108 valence electrons. The van der Waals surface area contributed by atoms with Crippen molar-refractivity contribution in [1.29, 1.82) is 0 Å². The quantitative estimate of drug-likeness (QED) is 0.837. The summed E-state index contributed by atoms with van der Waals surface area (Å²) in [7, 11) is -1.62. The molecular weight excluding hydrogens is 280 g/mol. The summed E-state index contributed by atoms with van der Waals surface area (Å²) in [6.07, 6.45) is 3.78. The number of thiophene rings is 1. The van der Waals surface area contributed by atoms with Crippen LogP contribution in [0.2, 0.25) is 0 Å². The van der Waals surface area contributed by atoms with E-state index in [1.165, 1.54) is 34.9 Å². The van der Waals surface area contributed by atoms with Gasteiger partial charge in [-0.2, -0.15) is 4.31 Å². The smallest absolute Gasteiger partial charge is 0.252 e. The van der Waals surface area contributed by atoms with E-state index in [4.69, 9.17) is 0 Å². The van der Waals surface area contributed by atoms with E-state index in [1.54, 1.807) is 13.1 Å².